The van der Waals surface area contributed by atoms with E-state index in [1.165, 1.54) is 30.6 Å². The Balaban J connectivity index is 1.87. The molecule has 1 aliphatic heterocycles. The summed E-state index contributed by atoms with van der Waals surface area (Å²) in [4.78, 5) is 4.60. The van der Waals surface area contributed by atoms with E-state index in [-0.39, 0.29) is 0 Å². The molecule has 0 bridgehead atoms. The third-order valence-electron chi connectivity index (χ3n) is 4.24. The van der Waals surface area contributed by atoms with Crippen molar-refractivity contribution >= 4 is 5.69 Å². The van der Waals surface area contributed by atoms with E-state index in [4.69, 9.17) is 0 Å². The molecule has 0 spiro atoms. The Bertz CT molecular complexity index is 385. The number of hydrogen-bond donors (Lipinski definition) is 1. The number of likely N-dealkylation sites (tertiary alicyclic amines) is 1. The van der Waals surface area contributed by atoms with Gasteiger partial charge in [-0.3, -0.25) is 0 Å². The summed E-state index contributed by atoms with van der Waals surface area (Å²) in [5, 5.41) is 3.66. The molecule has 0 amide bonds. The van der Waals surface area contributed by atoms with Crippen LogP contribution < -0.4 is 10.2 Å². The van der Waals surface area contributed by atoms with Gasteiger partial charge in [-0.05, 0) is 51.1 Å². The Hall–Kier alpha value is -1.06. The molecule has 106 valence electrons. The number of nitrogens with one attached hydrogen (secondary N) is 1. The lowest BCUT2D eigenvalue weighted by Gasteiger charge is -2.23. The van der Waals surface area contributed by atoms with Crippen LogP contribution in [0.2, 0.25) is 0 Å². The van der Waals surface area contributed by atoms with Gasteiger partial charge in [0.1, 0.15) is 0 Å². The molecule has 1 aromatic carbocycles. The summed E-state index contributed by atoms with van der Waals surface area (Å²) in [5.41, 5.74) is 2.62. The van der Waals surface area contributed by atoms with Gasteiger partial charge < -0.3 is 15.1 Å². The third-order valence-corrected chi connectivity index (χ3v) is 4.24. The molecule has 0 aliphatic carbocycles. The zero-order valence-corrected chi connectivity index (χ0v) is 12.7. The van der Waals surface area contributed by atoms with Crippen LogP contribution in [0, 0.1) is 0 Å². The molecule has 2 unspecified atom stereocenters. The minimum absolute atomic E-state index is 0.421. The highest BCUT2D eigenvalue weighted by atomic mass is 15.2. The van der Waals surface area contributed by atoms with Gasteiger partial charge in [0.05, 0.1) is 0 Å². The highest BCUT2D eigenvalue weighted by Gasteiger charge is 2.20. The first-order chi connectivity index (χ1) is 9.08. The molecule has 1 aliphatic rings. The molecule has 1 N–H and O–H groups in total. The van der Waals surface area contributed by atoms with Crippen LogP contribution in [0.4, 0.5) is 5.69 Å². The largest absolute Gasteiger partial charge is 0.378 e. The van der Waals surface area contributed by atoms with Crippen LogP contribution in [0.5, 0.6) is 0 Å². The molecule has 0 radical (unpaired) electrons. The van der Waals surface area contributed by atoms with Crippen LogP contribution in [0.3, 0.4) is 0 Å². The van der Waals surface area contributed by atoms with Crippen molar-refractivity contribution in [3.05, 3.63) is 29.8 Å². The second kappa shape index (κ2) is 6.40. The van der Waals surface area contributed by atoms with E-state index in [2.05, 4.69) is 67.4 Å². The number of nitrogens with zero attached hydrogens (tertiary/aromatic N) is 2. The van der Waals surface area contributed by atoms with Crippen LogP contribution >= 0.6 is 0 Å². The van der Waals surface area contributed by atoms with Crippen molar-refractivity contribution in [3.63, 3.8) is 0 Å². The van der Waals surface area contributed by atoms with Gasteiger partial charge in [-0.15, -0.1) is 0 Å². The zero-order valence-electron chi connectivity index (χ0n) is 12.7. The fourth-order valence-corrected chi connectivity index (χ4v) is 2.73. The van der Waals surface area contributed by atoms with Crippen molar-refractivity contribution in [2.24, 2.45) is 0 Å². The highest BCUT2D eigenvalue weighted by Crippen LogP contribution is 2.19. The molecular weight excluding hydrogens is 234 g/mol. The lowest BCUT2D eigenvalue weighted by Crippen LogP contribution is -2.36. The van der Waals surface area contributed by atoms with Crippen molar-refractivity contribution < 1.29 is 0 Å². The summed E-state index contributed by atoms with van der Waals surface area (Å²) in [6.45, 7) is 4.59. The van der Waals surface area contributed by atoms with Crippen molar-refractivity contribution in [1.82, 2.24) is 10.2 Å². The summed E-state index contributed by atoms with van der Waals surface area (Å²) in [6.07, 6.45) is 2.67. The minimum atomic E-state index is 0.421. The molecular formula is C16H27N3. The fourth-order valence-electron chi connectivity index (χ4n) is 2.73. The Morgan fingerprint density at radius 1 is 1.32 bits per heavy atom. The van der Waals surface area contributed by atoms with E-state index in [0.29, 0.717) is 12.1 Å². The van der Waals surface area contributed by atoms with E-state index in [1.807, 2.05) is 0 Å². The predicted molar refractivity (Wildman–Crippen MR) is 82.8 cm³/mol. The first kappa shape index (κ1) is 14.4. The van der Waals surface area contributed by atoms with Gasteiger partial charge in [-0.25, -0.2) is 0 Å². The molecule has 0 aromatic heterocycles. The van der Waals surface area contributed by atoms with Gasteiger partial charge in [0.2, 0.25) is 0 Å². The van der Waals surface area contributed by atoms with Crippen molar-refractivity contribution in [2.75, 3.05) is 39.1 Å². The first-order valence-corrected chi connectivity index (χ1v) is 7.29. The van der Waals surface area contributed by atoms with Gasteiger partial charge in [0.15, 0.2) is 0 Å². The molecule has 3 heteroatoms. The second-order valence-electron chi connectivity index (χ2n) is 5.89. The maximum Gasteiger partial charge on any atom is 0.0361 e. The minimum Gasteiger partial charge on any atom is -0.378 e. The lowest BCUT2D eigenvalue weighted by atomic mass is 10.1. The molecule has 1 heterocycles. The molecule has 19 heavy (non-hydrogen) atoms. The van der Waals surface area contributed by atoms with E-state index < -0.39 is 0 Å². The van der Waals surface area contributed by atoms with Crippen molar-refractivity contribution in [1.29, 1.82) is 0 Å². The van der Waals surface area contributed by atoms with Crippen molar-refractivity contribution in [3.8, 4) is 0 Å². The molecule has 2 atom stereocenters. The van der Waals surface area contributed by atoms with Gasteiger partial charge in [0.25, 0.3) is 0 Å². The topological polar surface area (TPSA) is 18.5 Å². The number of hydrogen-bond acceptors (Lipinski definition) is 3. The Labute approximate surface area is 117 Å². The smallest absolute Gasteiger partial charge is 0.0361 e. The van der Waals surface area contributed by atoms with E-state index in [0.717, 1.165) is 6.54 Å². The Kier molecular flexibility index (Phi) is 4.83. The van der Waals surface area contributed by atoms with Crippen LogP contribution in [-0.2, 0) is 0 Å². The SMILES string of the molecule is CC(NCC1CCCN1C)c1ccc(N(C)C)cc1. The first-order valence-electron chi connectivity index (χ1n) is 7.29. The van der Waals surface area contributed by atoms with E-state index >= 15 is 0 Å². The van der Waals surface area contributed by atoms with E-state index in [1.54, 1.807) is 0 Å². The standard InChI is InChI=1S/C16H27N3/c1-13(17-12-16-6-5-11-19(16)4)14-7-9-15(10-8-14)18(2)3/h7-10,13,16-17H,5-6,11-12H2,1-4H3. The molecule has 2 rings (SSSR count). The molecule has 0 saturated carbocycles. The number of likely N-dealkylation sites (N-methyl/N-ethyl adjacent to an activating group) is 1. The van der Waals surface area contributed by atoms with Gasteiger partial charge >= 0.3 is 0 Å². The van der Waals surface area contributed by atoms with E-state index in [9.17, 15) is 0 Å². The lowest BCUT2D eigenvalue weighted by molar-refractivity contribution is 0.293. The Morgan fingerprint density at radius 2 is 2.00 bits per heavy atom. The zero-order chi connectivity index (χ0) is 13.8. The maximum atomic E-state index is 3.66. The average molecular weight is 261 g/mol. The highest BCUT2D eigenvalue weighted by molar-refractivity contribution is 5.46. The third kappa shape index (κ3) is 3.71. The van der Waals surface area contributed by atoms with Crippen molar-refractivity contribution in [2.45, 2.75) is 31.8 Å². The normalized spacial score (nSPS) is 21.6. The van der Waals surface area contributed by atoms with Gasteiger partial charge in [-0.2, -0.15) is 0 Å². The molecule has 3 nitrogen and oxygen atoms in total. The summed E-state index contributed by atoms with van der Waals surface area (Å²) in [7, 11) is 6.38. The van der Waals surface area contributed by atoms with Crippen LogP contribution in [0.15, 0.2) is 24.3 Å². The summed E-state index contributed by atoms with van der Waals surface area (Å²) in [6, 6.07) is 9.97. The second-order valence-corrected chi connectivity index (χ2v) is 5.89. The summed E-state index contributed by atoms with van der Waals surface area (Å²) >= 11 is 0. The Morgan fingerprint density at radius 3 is 2.53 bits per heavy atom. The quantitative estimate of drug-likeness (QED) is 0.878. The fraction of sp³-hybridized carbons (Fsp3) is 0.625. The van der Waals surface area contributed by atoms with Gasteiger partial charge in [-0.1, -0.05) is 12.1 Å². The molecule has 1 saturated heterocycles. The summed E-state index contributed by atoms with van der Waals surface area (Å²) < 4.78 is 0. The number of rotatable bonds is 5. The monoisotopic (exact) mass is 261 g/mol. The summed E-state index contributed by atoms with van der Waals surface area (Å²) in [5.74, 6) is 0. The van der Waals surface area contributed by atoms with Gasteiger partial charge in [0, 0.05) is 38.4 Å². The predicted octanol–water partition coefficient (Wildman–Crippen LogP) is 2.50. The molecule has 1 aromatic rings. The van der Waals surface area contributed by atoms with Crippen LogP contribution in [0.25, 0.3) is 0 Å². The molecule has 1 fully saturated rings. The maximum absolute atomic E-state index is 3.66. The number of anilines is 1. The number of benzene rings is 1. The van der Waals surface area contributed by atoms with Crippen LogP contribution in [0.1, 0.15) is 31.4 Å². The average Bonchev–Trinajstić information content (AvgIpc) is 2.81. The van der Waals surface area contributed by atoms with Crippen LogP contribution in [-0.4, -0.2) is 45.2 Å².